The van der Waals surface area contributed by atoms with Crippen LogP contribution in [0.3, 0.4) is 0 Å². The highest BCUT2D eigenvalue weighted by atomic mass is 19.1. The summed E-state index contributed by atoms with van der Waals surface area (Å²) in [5.41, 5.74) is 2.06. The Morgan fingerprint density at radius 3 is 2.67 bits per heavy atom. The number of hydrogen-bond donors (Lipinski definition) is 1. The number of aliphatic hydroxyl groups is 1. The molecule has 0 aliphatic carbocycles. The summed E-state index contributed by atoms with van der Waals surface area (Å²) >= 11 is 0. The van der Waals surface area contributed by atoms with Crippen LogP contribution in [-0.2, 0) is 27.2 Å². The maximum absolute atomic E-state index is 13.3. The monoisotopic (exact) mass is 414 g/mol. The zero-order valence-electron chi connectivity index (χ0n) is 17.5. The Balaban J connectivity index is 1.66. The number of carbonyl (C=O) groups excluding carboxylic acids is 1. The lowest BCUT2D eigenvalue weighted by Crippen LogP contribution is -2.31. The molecule has 0 fully saturated rings. The molecule has 0 spiro atoms. The number of methoxy groups -OCH3 is 1. The quantitative estimate of drug-likeness (QED) is 0.638. The van der Waals surface area contributed by atoms with Gasteiger partial charge in [-0.2, -0.15) is 0 Å². The highest BCUT2D eigenvalue weighted by Crippen LogP contribution is 2.32. The lowest BCUT2D eigenvalue weighted by atomic mass is 9.80. The molecule has 1 N–H and O–H groups in total. The minimum Gasteiger partial charge on any atom is -0.475 e. The fourth-order valence-corrected chi connectivity index (χ4v) is 3.53. The van der Waals surface area contributed by atoms with Crippen LogP contribution in [0.1, 0.15) is 48.6 Å². The van der Waals surface area contributed by atoms with Crippen LogP contribution >= 0.6 is 0 Å². The molecular weight excluding hydrogens is 387 g/mol. The third kappa shape index (κ3) is 5.49. The van der Waals surface area contributed by atoms with Crippen molar-refractivity contribution < 1.29 is 23.8 Å². The molecule has 0 unspecified atom stereocenters. The van der Waals surface area contributed by atoms with E-state index in [-0.39, 0.29) is 24.4 Å². The Morgan fingerprint density at radius 1 is 1.27 bits per heavy atom. The van der Waals surface area contributed by atoms with Crippen molar-refractivity contribution >= 4 is 11.7 Å². The van der Waals surface area contributed by atoms with Gasteiger partial charge >= 0.3 is 0 Å². The van der Waals surface area contributed by atoms with E-state index in [1.165, 1.54) is 12.1 Å². The molecule has 1 aromatic carbocycles. The average molecular weight is 414 g/mol. The van der Waals surface area contributed by atoms with Gasteiger partial charge in [0, 0.05) is 37.8 Å². The van der Waals surface area contributed by atoms with Gasteiger partial charge in [0.05, 0.1) is 24.3 Å². The zero-order valence-corrected chi connectivity index (χ0v) is 17.5. The van der Waals surface area contributed by atoms with E-state index >= 15 is 0 Å². The average Bonchev–Trinajstić information content (AvgIpc) is 3.09. The maximum atomic E-state index is 13.3. The Morgan fingerprint density at radius 2 is 2.00 bits per heavy atom. The molecule has 0 bridgehead atoms. The van der Waals surface area contributed by atoms with Crippen molar-refractivity contribution in [2.45, 2.75) is 44.8 Å². The fraction of sp³-hybridized carbons (Fsp3) is 0.435. The SMILES string of the molecule is COCCOC1=NCc2cc(CC(=O)C[C@@H](c3ccc(F)cc3)C(C)(C)O)ncc21. The van der Waals surface area contributed by atoms with Gasteiger partial charge in [-0.1, -0.05) is 12.1 Å². The van der Waals surface area contributed by atoms with E-state index in [0.717, 1.165) is 16.7 Å². The van der Waals surface area contributed by atoms with Crippen LogP contribution in [0.2, 0.25) is 0 Å². The number of benzene rings is 1. The highest BCUT2D eigenvalue weighted by Gasteiger charge is 2.30. The second-order valence-corrected chi connectivity index (χ2v) is 7.97. The molecule has 6 nitrogen and oxygen atoms in total. The number of halogens is 1. The molecule has 1 aliphatic rings. The van der Waals surface area contributed by atoms with Crippen LogP contribution in [-0.4, -0.2) is 47.7 Å². The van der Waals surface area contributed by atoms with Crippen LogP contribution < -0.4 is 0 Å². The molecule has 1 aromatic heterocycles. The highest BCUT2D eigenvalue weighted by molar-refractivity contribution is 5.97. The van der Waals surface area contributed by atoms with Crippen molar-refractivity contribution in [2.24, 2.45) is 4.99 Å². The summed E-state index contributed by atoms with van der Waals surface area (Å²) in [6, 6.07) is 7.78. The summed E-state index contributed by atoms with van der Waals surface area (Å²) in [5, 5.41) is 10.6. The number of Topliss-reactive ketones (excluding diaryl/α,β-unsaturated/α-hetero) is 1. The Kier molecular flexibility index (Phi) is 6.95. The molecular formula is C23H27FN2O4. The van der Waals surface area contributed by atoms with Crippen molar-refractivity contribution in [1.29, 1.82) is 0 Å². The normalized spacial score (nSPS) is 14.2. The van der Waals surface area contributed by atoms with Gasteiger partial charge in [0.15, 0.2) is 0 Å². The van der Waals surface area contributed by atoms with Crippen LogP contribution in [0.4, 0.5) is 4.39 Å². The van der Waals surface area contributed by atoms with Gasteiger partial charge in [-0.25, -0.2) is 9.38 Å². The number of ketones is 1. The molecule has 0 saturated heterocycles. The number of nitrogens with zero attached hydrogens (tertiary/aromatic N) is 2. The molecule has 7 heteroatoms. The van der Waals surface area contributed by atoms with Gasteiger partial charge in [0.25, 0.3) is 0 Å². The molecule has 1 atom stereocenters. The number of fused-ring (bicyclic) bond motifs is 1. The molecule has 0 amide bonds. The minimum absolute atomic E-state index is 0.0469. The summed E-state index contributed by atoms with van der Waals surface area (Å²) in [5.74, 6) is -0.293. The maximum Gasteiger partial charge on any atom is 0.218 e. The first-order valence-electron chi connectivity index (χ1n) is 9.92. The third-order valence-electron chi connectivity index (χ3n) is 5.13. The van der Waals surface area contributed by atoms with E-state index in [1.54, 1.807) is 39.3 Å². The van der Waals surface area contributed by atoms with Crippen LogP contribution in [0.5, 0.6) is 0 Å². The standard InChI is InChI=1S/C23H27FN2O4/c1-23(2,28)21(15-4-6-17(24)7-5-15)12-19(27)11-18-10-16-13-26-22(20(16)14-25-18)30-9-8-29-3/h4-7,10,14,21,28H,8-9,11-13H2,1-3H3/t21-/m0/s1. The second kappa shape index (κ2) is 9.45. The Hall–Kier alpha value is -2.64. The van der Waals surface area contributed by atoms with Crippen molar-refractivity contribution in [2.75, 3.05) is 20.3 Å². The Labute approximate surface area is 175 Å². The van der Waals surface area contributed by atoms with Gasteiger partial charge in [0.2, 0.25) is 5.90 Å². The first-order valence-corrected chi connectivity index (χ1v) is 9.92. The smallest absolute Gasteiger partial charge is 0.218 e. The molecule has 3 rings (SSSR count). The predicted molar refractivity (Wildman–Crippen MR) is 111 cm³/mol. The molecule has 0 radical (unpaired) electrons. The summed E-state index contributed by atoms with van der Waals surface area (Å²) in [6.07, 6.45) is 1.97. The lowest BCUT2D eigenvalue weighted by molar-refractivity contribution is -0.120. The van der Waals surface area contributed by atoms with Gasteiger partial charge in [0.1, 0.15) is 18.2 Å². The van der Waals surface area contributed by atoms with Gasteiger partial charge in [-0.3, -0.25) is 9.78 Å². The molecule has 2 heterocycles. The largest absolute Gasteiger partial charge is 0.475 e. The van der Waals surface area contributed by atoms with Crippen LogP contribution in [0.15, 0.2) is 41.5 Å². The molecule has 30 heavy (non-hydrogen) atoms. The number of ether oxygens (including phenoxy) is 2. The van der Waals surface area contributed by atoms with E-state index < -0.39 is 11.5 Å². The number of pyridine rings is 1. The van der Waals surface area contributed by atoms with Gasteiger partial charge in [-0.15, -0.1) is 0 Å². The van der Waals surface area contributed by atoms with Crippen molar-refractivity contribution in [3.05, 3.63) is 64.7 Å². The molecule has 1 aliphatic heterocycles. The minimum atomic E-state index is -1.12. The van der Waals surface area contributed by atoms with E-state index in [0.29, 0.717) is 31.4 Å². The number of carbonyl (C=O) groups is 1. The van der Waals surface area contributed by atoms with E-state index in [2.05, 4.69) is 9.98 Å². The van der Waals surface area contributed by atoms with Crippen molar-refractivity contribution in [1.82, 2.24) is 4.98 Å². The fourth-order valence-electron chi connectivity index (χ4n) is 3.53. The van der Waals surface area contributed by atoms with Gasteiger partial charge < -0.3 is 14.6 Å². The summed E-state index contributed by atoms with van der Waals surface area (Å²) in [6.45, 7) is 4.69. The van der Waals surface area contributed by atoms with E-state index in [9.17, 15) is 14.3 Å². The summed E-state index contributed by atoms with van der Waals surface area (Å²) in [4.78, 5) is 21.5. The summed E-state index contributed by atoms with van der Waals surface area (Å²) < 4.78 is 23.8. The number of hydrogen-bond acceptors (Lipinski definition) is 6. The predicted octanol–water partition coefficient (Wildman–Crippen LogP) is 3.20. The number of aliphatic imine (C=N–C) groups is 1. The zero-order chi connectivity index (χ0) is 21.7. The second-order valence-electron chi connectivity index (χ2n) is 7.97. The van der Waals surface area contributed by atoms with Crippen LogP contribution in [0, 0.1) is 5.82 Å². The first kappa shape index (κ1) is 22.1. The number of rotatable bonds is 9. The molecule has 160 valence electrons. The number of aromatic nitrogens is 1. The van der Waals surface area contributed by atoms with Gasteiger partial charge in [-0.05, 0) is 43.2 Å². The third-order valence-corrected chi connectivity index (χ3v) is 5.13. The van der Waals surface area contributed by atoms with Crippen molar-refractivity contribution in [3.63, 3.8) is 0 Å². The van der Waals surface area contributed by atoms with Crippen molar-refractivity contribution in [3.8, 4) is 0 Å². The topological polar surface area (TPSA) is 81.0 Å². The van der Waals surface area contributed by atoms with E-state index in [4.69, 9.17) is 9.47 Å². The van der Waals surface area contributed by atoms with E-state index in [1.807, 2.05) is 6.07 Å². The molecule has 2 aromatic rings. The summed E-state index contributed by atoms with van der Waals surface area (Å²) in [7, 11) is 1.61. The first-order chi connectivity index (χ1) is 14.3. The Bertz CT molecular complexity index is 920. The molecule has 0 saturated carbocycles. The lowest BCUT2D eigenvalue weighted by Gasteiger charge is -2.29. The van der Waals surface area contributed by atoms with Crippen LogP contribution in [0.25, 0.3) is 0 Å².